The van der Waals surface area contributed by atoms with Gasteiger partial charge in [-0.2, -0.15) is 0 Å². The highest BCUT2D eigenvalue weighted by atomic mass is 16.5. The summed E-state index contributed by atoms with van der Waals surface area (Å²) in [5.41, 5.74) is 1.32. The summed E-state index contributed by atoms with van der Waals surface area (Å²) in [5, 5.41) is 10.3. The van der Waals surface area contributed by atoms with E-state index in [-0.39, 0.29) is 6.10 Å². The second-order valence-corrected chi connectivity index (χ2v) is 5.84. The molecule has 118 valence electrons. The second-order valence-electron chi connectivity index (χ2n) is 5.84. The maximum atomic E-state index is 10.3. The van der Waals surface area contributed by atoms with Crippen LogP contribution >= 0.6 is 0 Å². The molecule has 2 unspecified atom stereocenters. The third kappa shape index (κ3) is 5.08. The number of benzene rings is 1. The lowest BCUT2D eigenvalue weighted by Gasteiger charge is -2.33. The molecule has 0 aliphatic carbocycles. The molecule has 1 aromatic carbocycles. The largest absolute Gasteiger partial charge is 0.390 e. The average molecular weight is 292 g/mol. The molecule has 2 atom stereocenters. The Morgan fingerprint density at radius 1 is 1.24 bits per heavy atom. The SMILES string of the molecule is CCC(c1ccccc1)N(C)CC(O)CN1CCOCC1. The quantitative estimate of drug-likeness (QED) is 0.831. The van der Waals surface area contributed by atoms with E-state index in [4.69, 9.17) is 4.74 Å². The number of hydrogen-bond donors (Lipinski definition) is 1. The van der Waals surface area contributed by atoms with Gasteiger partial charge >= 0.3 is 0 Å². The van der Waals surface area contributed by atoms with Crippen LogP contribution < -0.4 is 0 Å². The van der Waals surface area contributed by atoms with Crippen molar-refractivity contribution < 1.29 is 9.84 Å². The fourth-order valence-corrected chi connectivity index (χ4v) is 3.08. The Morgan fingerprint density at radius 3 is 2.52 bits per heavy atom. The van der Waals surface area contributed by atoms with Gasteiger partial charge in [0.15, 0.2) is 0 Å². The summed E-state index contributed by atoms with van der Waals surface area (Å²) in [7, 11) is 2.10. The molecule has 0 aromatic heterocycles. The van der Waals surface area contributed by atoms with Crippen molar-refractivity contribution in [1.29, 1.82) is 0 Å². The van der Waals surface area contributed by atoms with Crippen molar-refractivity contribution >= 4 is 0 Å². The van der Waals surface area contributed by atoms with E-state index >= 15 is 0 Å². The monoisotopic (exact) mass is 292 g/mol. The first-order valence-electron chi connectivity index (χ1n) is 7.94. The number of β-amino-alcohol motifs (C(OH)–C–C–N with tert-alkyl or cyclic N) is 1. The molecule has 0 bridgehead atoms. The average Bonchev–Trinajstić information content (AvgIpc) is 2.50. The second kappa shape index (κ2) is 8.49. The Labute approximate surface area is 128 Å². The van der Waals surface area contributed by atoms with Gasteiger partial charge in [-0.3, -0.25) is 9.80 Å². The standard InChI is InChI=1S/C17H28N2O2/c1-3-17(15-7-5-4-6-8-15)18(2)13-16(20)14-19-9-11-21-12-10-19/h4-8,16-17,20H,3,9-14H2,1-2H3. The molecule has 2 rings (SSSR count). The van der Waals surface area contributed by atoms with Gasteiger partial charge in [0.2, 0.25) is 0 Å². The van der Waals surface area contributed by atoms with Gasteiger partial charge in [0, 0.05) is 32.2 Å². The van der Waals surface area contributed by atoms with E-state index < -0.39 is 0 Å². The molecule has 0 amide bonds. The Kier molecular flexibility index (Phi) is 6.64. The summed E-state index contributed by atoms with van der Waals surface area (Å²) in [6.45, 7) is 7.05. The first kappa shape index (κ1) is 16.4. The van der Waals surface area contributed by atoms with Crippen LogP contribution in [0.4, 0.5) is 0 Å². The summed E-state index contributed by atoms with van der Waals surface area (Å²) >= 11 is 0. The zero-order valence-corrected chi connectivity index (χ0v) is 13.2. The van der Waals surface area contributed by atoms with Crippen molar-refractivity contribution in [1.82, 2.24) is 9.80 Å². The van der Waals surface area contributed by atoms with Crippen LogP contribution in [0.15, 0.2) is 30.3 Å². The molecule has 1 aliphatic rings. The van der Waals surface area contributed by atoms with Gasteiger partial charge < -0.3 is 9.84 Å². The van der Waals surface area contributed by atoms with Crippen LogP contribution in [0.5, 0.6) is 0 Å². The van der Waals surface area contributed by atoms with Gasteiger partial charge in [0.05, 0.1) is 19.3 Å². The topological polar surface area (TPSA) is 35.9 Å². The van der Waals surface area contributed by atoms with Crippen LogP contribution in [0.2, 0.25) is 0 Å². The van der Waals surface area contributed by atoms with E-state index in [0.29, 0.717) is 12.6 Å². The van der Waals surface area contributed by atoms with Gasteiger partial charge in [0.25, 0.3) is 0 Å². The van der Waals surface area contributed by atoms with Gasteiger partial charge in [0.1, 0.15) is 0 Å². The summed E-state index contributed by atoms with van der Waals surface area (Å²) in [6.07, 6.45) is 0.732. The van der Waals surface area contributed by atoms with E-state index in [2.05, 4.69) is 48.0 Å². The smallest absolute Gasteiger partial charge is 0.0793 e. The zero-order chi connectivity index (χ0) is 15.1. The van der Waals surface area contributed by atoms with Crippen molar-refractivity contribution in [3.63, 3.8) is 0 Å². The van der Waals surface area contributed by atoms with Crippen LogP contribution in [0.3, 0.4) is 0 Å². The summed E-state index contributed by atoms with van der Waals surface area (Å²) in [6, 6.07) is 10.9. The Hall–Kier alpha value is -0.940. The van der Waals surface area contributed by atoms with E-state index in [1.807, 2.05) is 6.07 Å². The summed E-state index contributed by atoms with van der Waals surface area (Å²) in [4.78, 5) is 4.55. The maximum Gasteiger partial charge on any atom is 0.0793 e. The lowest BCUT2D eigenvalue weighted by atomic mass is 10.0. The number of ether oxygens (including phenoxy) is 1. The molecule has 0 spiro atoms. The van der Waals surface area contributed by atoms with Gasteiger partial charge in [-0.15, -0.1) is 0 Å². The predicted octanol–water partition coefficient (Wildman–Crippen LogP) is 1.76. The van der Waals surface area contributed by atoms with Crippen LogP contribution in [-0.4, -0.2) is 67.5 Å². The Morgan fingerprint density at radius 2 is 1.90 bits per heavy atom. The Balaban J connectivity index is 1.85. The van der Waals surface area contributed by atoms with Crippen molar-refractivity contribution in [3.8, 4) is 0 Å². The molecule has 0 radical (unpaired) electrons. The maximum absolute atomic E-state index is 10.3. The van der Waals surface area contributed by atoms with Crippen molar-refractivity contribution in [2.75, 3.05) is 46.4 Å². The van der Waals surface area contributed by atoms with Gasteiger partial charge in [-0.1, -0.05) is 37.3 Å². The number of aliphatic hydroxyl groups excluding tert-OH is 1. The number of likely N-dealkylation sites (N-methyl/N-ethyl adjacent to an activating group) is 1. The first-order chi connectivity index (χ1) is 10.2. The van der Waals surface area contributed by atoms with Crippen LogP contribution in [-0.2, 0) is 4.74 Å². The molecule has 1 saturated heterocycles. The minimum atomic E-state index is -0.314. The molecule has 4 nitrogen and oxygen atoms in total. The fraction of sp³-hybridized carbons (Fsp3) is 0.647. The molecular weight excluding hydrogens is 264 g/mol. The lowest BCUT2D eigenvalue weighted by Crippen LogP contribution is -2.44. The van der Waals surface area contributed by atoms with Crippen molar-refractivity contribution in [3.05, 3.63) is 35.9 Å². The van der Waals surface area contributed by atoms with E-state index in [9.17, 15) is 5.11 Å². The minimum Gasteiger partial charge on any atom is -0.390 e. The zero-order valence-electron chi connectivity index (χ0n) is 13.2. The molecule has 1 heterocycles. The first-order valence-corrected chi connectivity index (χ1v) is 7.94. The van der Waals surface area contributed by atoms with Crippen LogP contribution in [0.25, 0.3) is 0 Å². The third-order valence-electron chi connectivity index (χ3n) is 4.17. The van der Waals surface area contributed by atoms with Gasteiger partial charge in [-0.05, 0) is 19.0 Å². The number of nitrogens with zero attached hydrogens (tertiary/aromatic N) is 2. The third-order valence-corrected chi connectivity index (χ3v) is 4.17. The number of aliphatic hydroxyl groups is 1. The molecule has 0 saturated carbocycles. The van der Waals surface area contributed by atoms with Crippen molar-refractivity contribution in [2.45, 2.75) is 25.5 Å². The number of hydrogen-bond acceptors (Lipinski definition) is 4. The number of rotatable bonds is 7. The molecule has 1 aliphatic heterocycles. The van der Waals surface area contributed by atoms with Gasteiger partial charge in [-0.25, -0.2) is 0 Å². The predicted molar refractivity (Wildman–Crippen MR) is 85.4 cm³/mol. The lowest BCUT2D eigenvalue weighted by molar-refractivity contribution is 0.00555. The van der Waals surface area contributed by atoms with E-state index in [1.165, 1.54) is 5.56 Å². The molecule has 1 fully saturated rings. The van der Waals surface area contributed by atoms with Crippen molar-refractivity contribution in [2.24, 2.45) is 0 Å². The van der Waals surface area contributed by atoms with Crippen LogP contribution in [0.1, 0.15) is 24.9 Å². The molecule has 1 N–H and O–H groups in total. The highest BCUT2D eigenvalue weighted by molar-refractivity contribution is 5.18. The molecule has 1 aromatic rings. The summed E-state index contributed by atoms with van der Waals surface area (Å²) in [5.74, 6) is 0. The summed E-state index contributed by atoms with van der Waals surface area (Å²) < 4.78 is 5.34. The highest BCUT2D eigenvalue weighted by Gasteiger charge is 2.20. The highest BCUT2D eigenvalue weighted by Crippen LogP contribution is 2.22. The van der Waals surface area contributed by atoms with E-state index in [0.717, 1.165) is 39.3 Å². The van der Waals surface area contributed by atoms with E-state index in [1.54, 1.807) is 0 Å². The fourth-order valence-electron chi connectivity index (χ4n) is 3.08. The molecule has 21 heavy (non-hydrogen) atoms. The Bertz CT molecular complexity index is 393. The normalized spacial score (nSPS) is 19.6. The number of morpholine rings is 1. The minimum absolute atomic E-state index is 0.314. The molecular formula is C17H28N2O2. The van der Waals surface area contributed by atoms with Crippen LogP contribution in [0, 0.1) is 0 Å². The molecule has 4 heteroatoms.